The Balaban J connectivity index is 0.00000169. The quantitative estimate of drug-likeness (QED) is 0.173. The van der Waals surface area contributed by atoms with Crippen LogP contribution >= 0.6 is 0 Å². The summed E-state index contributed by atoms with van der Waals surface area (Å²) in [5, 5.41) is 1.09. The number of hydrogen-bond donors (Lipinski definition) is 1. The van der Waals surface area contributed by atoms with E-state index in [0.29, 0.717) is 12.4 Å². The maximum absolute atomic E-state index is 8.12. The molecule has 0 saturated heterocycles. The maximum atomic E-state index is 8.12. The highest BCUT2D eigenvalue weighted by molar-refractivity contribution is 6.06. The molecule has 4 rings (SSSR count). The van der Waals surface area contributed by atoms with Gasteiger partial charge in [0, 0.05) is 45.1 Å². The second-order valence-electron chi connectivity index (χ2n) is 11.9. The van der Waals surface area contributed by atoms with Crippen LogP contribution in [0.5, 0.6) is 5.75 Å². The van der Waals surface area contributed by atoms with E-state index in [1.165, 1.54) is 5.56 Å². The summed E-state index contributed by atoms with van der Waals surface area (Å²) >= 11 is 0. The number of benzene rings is 2. The lowest BCUT2D eigenvalue weighted by atomic mass is 10.1. The monoisotopic (exact) mass is 604 g/mol. The number of hydrogen-bond acceptors (Lipinski definition) is 9. The first-order valence-electron chi connectivity index (χ1n) is 15.3. The van der Waals surface area contributed by atoms with Crippen LogP contribution in [0.3, 0.4) is 0 Å². The third-order valence-electron chi connectivity index (χ3n) is 7.74. The zero-order valence-electron chi connectivity index (χ0n) is 27.1. The highest BCUT2D eigenvalue weighted by atomic mass is 16.5. The van der Waals surface area contributed by atoms with Crippen molar-refractivity contribution >= 4 is 33.9 Å². The minimum absolute atomic E-state index is 0.172. The number of likely N-dealkylation sites (N-methyl/N-ethyl adjacent to an activating group) is 1. The SMILES string of the molecule is CCC(C)(C)Oc1cccc(CN(CCCCn2c(CCOC)nc3c(N)nc4ccccc4c32)CCN(C)C)c1.O=C=O. The molecule has 10 nitrogen and oxygen atoms in total. The van der Waals surface area contributed by atoms with Gasteiger partial charge in [0.1, 0.15) is 22.7 Å². The number of unbranched alkanes of at least 4 members (excludes halogenated alkanes) is 1. The third kappa shape index (κ3) is 9.86. The molecule has 0 unspecified atom stereocenters. The molecule has 2 heterocycles. The number of methoxy groups -OCH3 is 1. The molecule has 0 aliphatic heterocycles. The number of nitrogens with zero attached hydrogens (tertiary/aromatic N) is 5. The summed E-state index contributed by atoms with van der Waals surface area (Å²) in [7, 11) is 6.00. The van der Waals surface area contributed by atoms with Crippen LogP contribution in [-0.4, -0.2) is 83.5 Å². The lowest BCUT2D eigenvalue weighted by Crippen LogP contribution is -2.32. The summed E-state index contributed by atoms with van der Waals surface area (Å²) in [5.74, 6) is 2.43. The standard InChI is InChI=1S/C33H48N6O2.CO2/c1-7-33(2,3)41-26-14-12-13-25(23-26)24-38(21-20-37(4)5)18-10-11-19-39-29(17-22-40-6)36-30-31(39)27-15-8-9-16-28(27)35-32(30)34;2-1-3/h8-9,12-16,23H,7,10-11,17-22,24H2,1-6H3,(H2,34,35);. The summed E-state index contributed by atoms with van der Waals surface area (Å²) in [5.41, 5.74) is 10.3. The Labute approximate surface area is 261 Å². The summed E-state index contributed by atoms with van der Waals surface area (Å²) in [6, 6.07) is 16.8. The Morgan fingerprint density at radius 1 is 1.00 bits per heavy atom. The molecule has 0 amide bonds. The van der Waals surface area contributed by atoms with E-state index in [1.807, 2.05) is 12.1 Å². The first-order valence-corrected chi connectivity index (χ1v) is 15.3. The molecule has 44 heavy (non-hydrogen) atoms. The first kappa shape index (κ1) is 34.7. The van der Waals surface area contributed by atoms with Gasteiger partial charge in [-0.25, -0.2) is 9.97 Å². The Bertz CT molecular complexity index is 1510. The fourth-order valence-corrected chi connectivity index (χ4v) is 5.10. The average molecular weight is 605 g/mol. The van der Waals surface area contributed by atoms with E-state index in [2.05, 4.69) is 90.6 Å². The van der Waals surface area contributed by atoms with E-state index >= 15 is 0 Å². The van der Waals surface area contributed by atoms with Crippen LogP contribution in [0, 0.1) is 0 Å². The molecule has 0 bridgehead atoms. The van der Waals surface area contributed by atoms with Crippen molar-refractivity contribution in [2.45, 2.75) is 65.1 Å². The zero-order valence-corrected chi connectivity index (χ0v) is 27.1. The number of fused-ring (bicyclic) bond motifs is 3. The van der Waals surface area contributed by atoms with E-state index in [9.17, 15) is 0 Å². The number of rotatable bonds is 16. The lowest BCUT2D eigenvalue weighted by molar-refractivity contribution is -0.191. The van der Waals surface area contributed by atoms with Crippen LogP contribution in [0.25, 0.3) is 21.9 Å². The molecule has 238 valence electrons. The second kappa shape index (κ2) is 16.9. The smallest absolute Gasteiger partial charge is 0.373 e. The molecule has 0 fully saturated rings. The number of nitrogen functional groups attached to an aromatic ring is 1. The van der Waals surface area contributed by atoms with E-state index in [1.54, 1.807) is 7.11 Å². The minimum Gasteiger partial charge on any atom is -0.488 e. The number of para-hydroxylation sites is 1. The number of nitrogens with two attached hydrogens (primary N) is 1. The Morgan fingerprint density at radius 2 is 1.75 bits per heavy atom. The van der Waals surface area contributed by atoms with Gasteiger partial charge in [-0.15, -0.1) is 0 Å². The van der Waals surface area contributed by atoms with Gasteiger partial charge in [-0.1, -0.05) is 37.3 Å². The van der Waals surface area contributed by atoms with Crippen LogP contribution in [-0.2, 0) is 33.8 Å². The molecule has 10 heteroatoms. The van der Waals surface area contributed by atoms with Crippen molar-refractivity contribution in [1.82, 2.24) is 24.3 Å². The van der Waals surface area contributed by atoms with E-state index in [4.69, 9.17) is 29.8 Å². The van der Waals surface area contributed by atoms with E-state index in [0.717, 1.165) is 91.9 Å². The molecular weight excluding hydrogens is 556 g/mol. The van der Waals surface area contributed by atoms with Gasteiger partial charge in [-0.3, -0.25) is 4.90 Å². The first-order chi connectivity index (χ1) is 21.1. The van der Waals surface area contributed by atoms with Crippen molar-refractivity contribution in [2.24, 2.45) is 0 Å². The third-order valence-corrected chi connectivity index (χ3v) is 7.74. The number of anilines is 1. The predicted molar refractivity (Wildman–Crippen MR) is 175 cm³/mol. The zero-order chi connectivity index (χ0) is 32.1. The summed E-state index contributed by atoms with van der Waals surface area (Å²) in [4.78, 5) is 30.6. The fourth-order valence-electron chi connectivity index (χ4n) is 5.10. The number of imidazole rings is 1. The highest BCUT2D eigenvalue weighted by Gasteiger charge is 2.19. The molecular formula is C34H48N6O4. The number of aryl methyl sites for hydroxylation is 1. The molecule has 0 atom stereocenters. The second-order valence-corrected chi connectivity index (χ2v) is 11.9. The topological polar surface area (TPSA) is 116 Å². The summed E-state index contributed by atoms with van der Waals surface area (Å²) < 4.78 is 14.0. The highest BCUT2D eigenvalue weighted by Crippen LogP contribution is 2.29. The largest absolute Gasteiger partial charge is 0.488 e. The molecule has 0 spiro atoms. The van der Waals surface area contributed by atoms with Gasteiger partial charge in [0.2, 0.25) is 0 Å². The molecule has 2 aromatic carbocycles. The number of carbonyl (C=O) groups excluding carboxylic acids is 2. The van der Waals surface area contributed by atoms with Crippen LogP contribution in [0.2, 0.25) is 0 Å². The maximum Gasteiger partial charge on any atom is 0.373 e. The van der Waals surface area contributed by atoms with Gasteiger partial charge < -0.3 is 24.7 Å². The number of aromatic nitrogens is 3. The van der Waals surface area contributed by atoms with Crippen molar-refractivity contribution in [3.05, 3.63) is 59.9 Å². The van der Waals surface area contributed by atoms with E-state index in [-0.39, 0.29) is 11.8 Å². The van der Waals surface area contributed by atoms with Gasteiger partial charge >= 0.3 is 6.15 Å². The van der Waals surface area contributed by atoms with Gasteiger partial charge in [0.25, 0.3) is 0 Å². The normalized spacial score (nSPS) is 11.6. The molecule has 0 saturated carbocycles. The summed E-state index contributed by atoms with van der Waals surface area (Å²) in [6.07, 6.45) is 4.06. The van der Waals surface area contributed by atoms with Crippen LogP contribution in [0.15, 0.2) is 48.5 Å². The molecule has 0 radical (unpaired) electrons. The average Bonchev–Trinajstić information content (AvgIpc) is 3.36. The van der Waals surface area contributed by atoms with Crippen LogP contribution in [0.1, 0.15) is 51.4 Å². The molecule has 2 aromatic heterocycles. The fraction of sp³-hybridized carbons (Fsp3) is 0.500. The lowest BCUT2D eigenvalue weighted by Gasteiger charge is -2.26. The Morgan fingerprint density at radius 3 is 2.45 bits per heavy atom. The Kier molecular flexibility index (Phi) is 13.3. The van der Waals surface area contributed by atoms with Crippen molar-refractivity contribution in [2.75, 3.05) is 53.2 Å². The molecule has 4 aromatic rings. The van der Waals surface area contributed by atoms with Crippen LogP contribution in [0.4, 0.5) is 5.82 Å². The van der Waals surface area contributed by atoms with Gasteiger partial charge in [-0.05, 0) is 77.5 Å². The van der Waals surface area contributed by atoms with Crippen molar-refractivity contribution < 1.29 is 19.1 Å². The van der Waals surface area contributed by atoms with Crippen LogP contribution < -0.4 is 10.5 Å². The summed E-state index contributed by atoms with van der Waals surface area (Å²) in [6.45, 7) is 11.9. The van der Waals surface area contributed by atoms with Gasteiger partial charge in [0.15, 0.2) is 5.82 Å². The molecule has 0 aliphatic rings. The Hall–Kier alpha value is -3.82. The van der Waals surface area contributed by atoms with Crippen molar-refractivity contribution in [3.63, 3.8) is 0 Å². The molecule has 0 aliphatic carbocycles. The van der Waals surface area contributed by atoms with Gasteiger partial charge in [-0.2, -0.15) is 9.59 Å². The van der Waals surface area contributed by atoms with Crippen molar-refractivity contribution in [3.8, 4) is 5.75 Å². The number of pyridine rings is 1. The predicted octanol–water partition coefficient (Wildman–Crippen LogP) is 5.18. The van der Waals surface area contributed by atoms with E-state index < -0.39 is 0 Å². The molecule has 2 N–H and O–H groups in total. The van der Waals surface area contributed by atoms with Crippen molar-refractivity contribution in [1.29, 1.82) is 0 Å². The minimum atomic E-state index is -0.172. The number of ether oxygens (including phenoxy) is 2. The van der Waals surface area contributed by atoms with Gasteiger partial charge in [0.05, 0.1) is 17.6 Å².